The van der Waals surface area contributed by atoms with E-state index in [4.69, 9.17) is 0 Å². The molecule has 0 radical (unpaired) electrons. The summed E-state index contributed by atoms with van der Waals surface area (Å²) in [5.41, 5.74) is 5.02. The lowest BCUT2D eigenvalue weighted by Gasteiger charge is -2.33. The average Bonchev–Trinajstić information content (AvgIpc) is 3.64. The average molecular weight is 1260 g/mol. The van der Waals surface area contributed by atoms with Gasteiger partial charge in [-0.25, -0.2) is 9.13 Å². The van der Waals surface area contributed by atoms with Crippen LogP contribution in [0.5, 0.6) is 0 Å². The summed E-state index contributed by atoms with van der Waals surface area (Å²) in [6.45, 7) is 6.91. The van der Waals surface area contributed by atoms with Crippen molar-refractivity contribution in [1.29, 1.82) is 0 Å². The summed E-state index contributed by atoms with van der Waals surface area (Å²) in [6.07, 6.45) is 25.6. The fourth-order valence-corrected chi connectivity index (χ4v) is 9.11. The maximum Gasteiger partial charge on any atom is 0.169 e. The smallest absolute Gasteiger partial charge is 0.169 e. The first-order valence-electron chi connectivity index (χ1n) is 19.0. The van der Waals surface area contributed by atoms with Gasteiger partial charge >= 0.3 is 0 Å². The number of hydrogen-bond donors (Lipinski definition) is 0. The molecule has 0 spiro atoms. The van der Waals surface area contributed by atoms with Crippen molar-refractivity contribution in [2.24, 2.45) is 0 Å². The Labute approximate surface area is 419 Å². The third-order valence-corrected chi connectivity index (χ3v) is 12.7. The monoisotopic (exact) mass is 1260 g/mol. The molecule has 0 saturated heterocycles. The van der Waals surface area contributed by atoms with Gasteiger partial charge < -0.3 is 18.8 Å². The number of pyridine rings is 2. The minimum atomic E-state index is 0. The zero-order valence-electron chi connectivity index (χ0n) is 34.2. The van der Waals surface area contributed by atoms with Gasteiger partial charge in [-0.1, -0.05) is 72.1 Å². The molecule has 4 aromatic rings. The molecule has 0 unspecified atom stereocenters. The van der Waals surface area contributed by atoms with Gasteiger partial charge in [0.1, 0.15) is 0 Å². The number of para-hydroxylation sites is 2. The molecule has 2 aromatic carbocycles. The lowest BCUT2D eigenvalue weighted by atomic mass is 10.2. The molecule has 0 aliphatic carbocycles. The maximum absolute atomic E-state index is 2.39. The summed E-state index contributed by atoms with van der Waals surface area (Å²) in [4.78, 5) is 7.16. The molecule has 0 bridgehead atoms. The van der Waals surface area contributed by atoms with Gasteiger partial charge in [0.05, 0.1) is 88.6 Å². The van der Waals surface area contributed by atoms with E-state index < -0.39 is 0 Å². The minimum absolute atomic E-state index is 0. The predicted molar refractivity (Wildman–Crippen MR) is 288 cm³/mol. The fourth-order valence-electron chi connectivity index (χ4n) is 6.99. The van der Waals surface area contributed by atoms with Crippen LogP contribution >= 0.6 is 119 Å². The number of anilines is 2. The van der Waals surface area contributed by atoms with Crippen molar-refractivity contribution >= 4 is 143 Å². The Hall–Kier alpha value is -1.16. The fraction of sp³-hybridized carbons (Fsp3) is 0.333. The number of hydrogen-bond acceptors (Lipinski definition) is 4. The topological polar surface area (TPSA) is 14.2 Å². The van der Waals surface area contributed by atoms with Gasteiger partial charge in [0, 0.05) is 54.6 Å². The van der Waals surface area contributed by atoms with E-state index in [1.165, 1.54) is 87.8 Å². The molecular weight excluding hydrogens is 1200 g/mol. The number of benzene rings is 2. The molecule has 0 amide bonds. The number of allylic oxidation sites excluding steroid dienone is 4. The Balaban J connectivity index is 0.00000280. The van der Waals surface area contributed by atoms with Crippen molar-refractivity contribution in [2.45, 2.75) is 42.1 Å². The summed E-state index contributed by atoms with van der Waals surface area (Å²) in [7, 11) is 13.8. The molecule has 4 heterocycles. The van der Waals surface area contributed by atoms with Crippen LogP contribution in [0.3, 0.4) is 0 Å². The molecule has 308 valence electrons. The first-order valence-corrected chi connectivity index (χ1v) is 20.6. The minimum Gasteiger partial charge on any atom is -0.338 e. The Morgan fingerprint density at radius 1 is 0.509 bits per heavy atom. The van der Waals surface area contributed by atoms with Crippen LogP contribution in [0.1, 0.15) is 30.4 Å². The van der Waals surface area contributed by atoms with Gasteiger partial charge in [-0.2, -0.15) is 0 Å². The van der Waals surface area contributed by atoms with Crippen molar-refractivity contribution in [1.82, 2.24) is 0 Å². The highest BCUT2D eigenvalue weighted by Crippen LogP contribution is 2.45. The molecule has 0 saturated carbocycles. The first kappa shape index (κ1) is 52.0. The molecule has 6 rings (SSSR count). The number of fused-ring (bicyclic) bond motifs is 2. The molecule has 2 aliphatic heterocycles. The molecular formula is C45H62I4N6S2+4. The highest BCUT2D eigenvalue weighted by Gasteiger charge is 2.23. The van der Waals surface area contributed by atoms with Crippen LogP contribution in [0.4, 0.5) is 11.4 Å². The number of thioether (sulfide) groups is 2. The van der Waals surface area contributed by atoms with E-state index >= 15 is 0 Å². The van der Waals surface area contributed by atoms with Gasteiger partial charge in [0.15, 0.2) is 37.9 Å². The van der Waals surface area contributed by atoms with E-state index in [-0.39, 0.29) is 95.9 Å². The second-order valence-corrected chi connectivity index (χ2v) is 17.7. The highest BCUT2D eigenvalue weighted by atomic mass is 127. The van der Waals surface area contributed by atoms with Crippen LogP contribution in [0.2, 0.25) is 0 Å². The second-order valence-electron chi connectivity index (χ2n) is 15.6. The lowest BCUT2D eigenvalue weighted by molar-refractivity contribution is -0.911. The largest absolute Gasteiger partial charge is 0.338 e. The maximum atomic E-state index is 2.39. The van der Waals surface area contributed by atoms with Crippen LogP contribution in [0.25, 0.3) is 12.2 Å². The van der Waals surface area contributed by atoms with Crippen molar-refractivity contribution in [3.8, 4) is 0 Å². The van der Waals surface area contributed by atoms with Crippen molar-refractivity contribution < 1.29 is 18.1 Å². The van der Waals surface area contributed by atoms with Gasteiger partial charge in [-0.05, 0) is 47.5 Å². The first-order chi connectivity index (χ1) is 25.6. The van der Waals surface area contributed by atoms with E-state index in [1.54, 1.807) is 0 Å². The van der Waals surface area contributed by atoms with E-state index in [1.807, 2.05) is 23.5 Å². The molecule has 6 nitrogen and oxygen atoms in total. The summed E-state index contributed by atoms with van der Waals surface area (Å²) < 4.78 is 6.79. The van der Waals surface area contributed by atoms with Crippen LogP contribution in [-0.4, -0.2) is 77.4 Å². The summed E-state index contributed by atoms with van der Waals surface area (Å²) in [5.74, 6) is 0. The number of quaternary nitrogens is 2. The summed E-state index contributed by atoms with van der Waals surface area (Å²) >= 11 is 3.66. The second kappa shape index (κ2) is 24.9. The van der Waals surface area contributed by atoms with Gasteiger partial charge in [0.2, 0.25) is 0 Å². The zero-order valence-corrected chi connectivity index (χ0v) is 45.2. The van der Waals surface area contributed by atoms with Gasteiger partial charge in [-0.15, -0.1) is 95.9 Å². The van der Waals surface area contributed by atoms with E-state index in [9.17, 15) is 0 Å². The van der Waals surface area contributed by atoms with E-state index in [2.05, 4.69) is 195 Å². The Morgan fingerprint density at radius 2 is 0.860 bits per heavy atom. The number of aryl methyl sites for hydroxylation is 2. The number of halogens is 4. The van der Waals surface area contributed by atoms with Crippen LogP contribution < -0.4 is 18.9 Å². The molecule has 0 fully saturated rings. The third-order valence-electron chi connectivity index (χ3n) is 10.3. The highest BCUT2D eigenvalue weighted by molar-refractivity contribution is 14.0. The molecule has 0 N–H and O–H groups in total. The Kier molecular flexibility index (Phi) is 22.7. The Bertz CT molecular complexity index is 1820. The molecule has 2 aromatic heterocycles. The molecule has 57 heavy (non-hydrogen) atoms. The van der Waals surface area contributed by atoms with Crippen LogP contribution in [0.15, 0.2) is 142 Å². The number of nitrogens with zero attached hydrogens (tertiary/aromatic N) is 6. The standard InChI is InChI=1S/C45H58N6S2.4HI/c1-46-40-18-7-9-20-42(40)52-44(46)22-11-16-38-24-30-48(31-25-38)28-13-34-50(3,4)36-15-37-51(5,6)35-14-29-49-32-26-39(27-33-49)17-12-23-45-47(2)41-19-8-10-21-43(41)53-45;;;;/h7-12,16-27,30-33H,13-15,28-29,34-37H2,1-6H3;4*1H/q+4;;;;. The summed E-state index contributed by atoms with van der Waals surface area (Å²) in [6, 6.07) is 26.0. The zero-order chi connectivity index (χ0) is 37.3. The van der Waals surface area contributed by atoms with Crippen LogP contribution in [-0.2, 0) is 13.1 Å². The van der Waals surface area contributed by atoms with E-state index in [0.29, 0.717) is 0 Å². The van der Waals surface area contributed by atoms with E-state index in [0.717, 1.165) is 22.1 Å². The molecule has 2 aliphatic rings. The number of rotatable bonds is 16. The normalized spacial score (nSPS) is 15.0. The Morgan fingerprint density at radius 3 is 1.23 bits per heavy atom. The molecule has 12 heteroatoms. The molecule has 0 atom stereocenters. The predicted octanol–water partition coefficient (Wildman–Crippen LogP) is 11.0. The van der Waals surface area contributed by atoms with Gasteiger partial charge in [-0.3, -0.25) is 0 Å². The van der Waals surface area contributed by atoms with Crippen LogP contribution in [0, 0.1) is 0 Å². The third kappa shape index (κ3) is 15.7. The van der Waals surface area contributed by atoms with Crippen molar-refractivity contribution in [3.63, 3.8) is 0 Å². The quantitative estimate of drug-likeness (QED) is 0.0630. The number of aromatic nitrogens is 2. The lowest BCUT2D eigenvalue weighted by Crippen LogP contribution is -2.47. The summed E-state index contributed by atoms with van der Waals surface area (Å²) in [5, 5.41) is 2.51. The van der Waals surface area contributed by atoms with Crippen molar-refractivity contribution in [3.05, 3.63) is 143 Å². The van der Waals surface area contributed by atoms with Gasteiger partial charge in [0.25, 0.3) is 0 Å². The SMILES string of the molecule is CN1/C(=C/C=C/c2cc[n+](CCC[N+](C)(C)CCC[N+](C)(C)CCC[n+]3ccc(/C=C/C=C4\Sc5ccccc5N4C)cc3)cc2)Sc2ccccc21.I.I.I.I. The van der Waals surface area contributed by atoms with Crippen molar-refractivity contribution in [2.75, 3.05) is 78.3 Å².